The van der Waals surface area contributed by atoms with Crippen LogP contribution in [0.2, 0.25) is 0 Å². The molecule has 5 heteroatoms. The lowest BCUT2D eigenvalue weighted by Crippen LogP contribution is -2.44. The number of nitrogens with one attached hydrogen (secondary N) is 1. The SMILES string of the molecule is CC1CCCN(C(=O)C2CCC(C(=O)NCc3cccnc3)CC2)C1. The molecule has 1 aliphatic carbocycles. The second-order valence-corrected chi connectivity index (χ2v) is 7.66. The Morgan fingerprint density at radius 1 is 1.20 bits per heavy atom. The molecule has 2 heterocycles. The fraction of sp³-hybridized carbons (Fsp3) is 0.650. The molecule has 1 atom stereocenters. The Kier molecular flexibility index (Phi) is 6.05. The van der Waals surface area contributed by atoms with Crippen molar-refractivity contribution in [2.75, 3.05) is 13.1 Å². The van der Waals surface area contributed by atoms with Crippen molar-refractivity contribution >= 4 is 11.8 Å². The van der Waals surface area contributed by atoms with Gasteiger partial charge < -0.3 is 10.2 Å². The number of pyridine rings is 1. The number of carbonyl (C=O) groups is 2. The maximum absolute atomic E-state index is 12.7. The van der Waals surface area contributed by atoms with Gasteiger partial charge in [-0.2, -0.15) is 0 Å². The maximum Gasteiger partial charge on any atom is 0.225 e. The second kappa shape index (κ2) is 8.45. The summed E-state index contributed by atoms with van der Waals surface area (Å²) in [5.74, 6) is 1.21. The highest BCUT2D eigenvalue weighted by molar-refractivity contribution is 5.81. The van der Waals surface area contributed by atoms with Gasteiger partial charge in [-0.1, -0.05) is 13.0 Å². The van der Waals surface area contributed by atoms with Crippen molar-refractivity contribution in [2.45, 2.75) is 52.0 Å². The Morgan fingerprint density at radius 3 is 2.64 bits per heavy atom. The highest BCUT2D eigenvalue weighted by Gasteiger charge is 2.33. The summed E-state index contributed by atoms with van der Waals surface area (Å²) < 4.78 is 0. The lowest BCUT2D eigenvalue weighted by Gasteiger charge is -2.35. The van der Waals surface area contributed by atoms with Crippen molar-refractivity contribution in [3.8, 4) is 0 Å². The van der Waals surface area contributed by atoms with Crippen LogP contribution in [0.4, 0.5) is 0 Å². The molecule has 1 aromatic rings. The lowest BCUT2D eigenvalue weighted by atomic mass is 9.80. The van der Waals surface area contributed by atoms with Crippen LogP contribution >= 0.6 is 0 Å². The van der Waals surface area contributed by atoms with E-state index >= 15 is 0 Å². The molecule has 2 amide bonds. The Labute approximate surface area is 150 Å². The van der Waals surface area contributed by atoms with Gasteiger partial charge in [0.2, 0.25) is 11.8 Å². The molecular formula is C20H29N3O2. The van der Waals surface area contributed by atoms with E-state index in [1.807, 2.05) is 12.1 Å². The molecule has 5 nitrogen and oxygen atoms in total. The minimum absolute atomic E-state index is 0.0426. The van der Waals surface area contributed by atoms with Gasteiger partial charge in [-0.25, -0.2) is 0 Å². The van der Waals surface area contributed by atoms with Crippen LogP contribution in [-0.4, -0.2) is 34.8 Å². The van der Waals surface area contributed by atoms with Crippen molar-refractivity contribution in [2.24, 2.45) is 17.8 Å². The van der Waals surface area contributed by atoms with Gasteiger partial charge in [0.25, 0.3) is 0 Å². The maximum atomic E-state index is 12.7. The summed E-state index contributed by atoms with van der Waals surface area (Å²) >= 11 is 0. The first-order chi connectivity index (χ1) is 12.1. The van der Waals surface area contributed by atoms with Gasteiger partial charge in [0.05, 0.1) is 0 Å². The molecule has 2 aliphatic rings. The number of aromatic nitrogens is 1. The van der Waals surface area contributed by atoms with E-state index in [4.69, 9.17) is 0 Å². The molecule has 1 aliphatic heterocycles. The highest BCUT2D eigenvalue weighted by atomic mass is 16.2. The Balaban J connectivity index is 1.43. The first-order valence-corrected chi connectivity index (χ1v) is 9.59. The third-order valence-corrected chi connectivity index (χ3v) is 5.61. The number of hydrogen-bond donors (Lipinski definition) is 1. The van der Waals surface area contributed by atoms with Crippen molar-refractivity contribution < 1.29 is 9.59 Å². The average Bonchev–Trinajstić information content (AvgIpc) is 2.66. The summed E-state index contributed by atoms with van der Waals surface area (Å²) in [5.41, 5.74) is 1.01. The van der Waals surface area contributed by atoms with E-state index in [2.05, 4.69) is 22.1 Å². The smallest absolute Gasteiger partial charge is 0.225 e. The molecule has 1 saturated carbocycles. The average molecular weight is 343 g/mol. The van der Waals surface area contributed by atoms with Crippen LogP contribution in [0.25, 0.3) is 0 Å². The molecule has 0 bridgehead atoms. The first kappa shape index (κ1) is 17.9. The van der Waals surface area contributed by atoms with Crippen LogP contribution in [0.3, 0.4) is 0 Å². The molecule has 0 spiro atoms. The standard InChI is InChI=1S/C20H29N3O2/c1-15-4-3-11-23(14-15)20(25)18-8-6-17(7-9-18)19(24)22-13-16-5-2-10-21-12-16/h2,5,10,12,15,17-18H,3-4,6-9,11,13-14H2,1H3,(H,22,24). The van der Waals surface area contributed by atoms with Crippen LogP contribution in [0, 0.1) is 17.8 Å². The normalized spacial score (nSPS) is 26.9. The summed E-state index contributed by atoms with van der Waals surface area (Å²) in [6, 6.07) is 3.84. The number of rotatable bonds is 4. The van der Waals surface area contributed by atoms with Gasteiger partial charge in [-0.05, 0) is 56.1 Å². The topological polar surface area (TPSA) is 62.3 Å². The number of piperidine rings is 1. The Morgan fingerprint density at radius 2 is 1.96 bits per heavy atom. The van der Waals surface area contributed by atoms with Crippen molar-refractivity contribution in [3.05, 3.63) is 30.1 Å². The molecule has 1 unspecified atom stereocenters. The van der Waals surface area contributed by atoms with E-state index in [0.29, 0.717) is 18.4 Å². The highest BCUT2D eigenvalue weighted by Crippen LogP contribution is 2.31. The van der Waals surface area contributed by atoms with Crippen LogP contribution in [0.5, 0.6) is 0 Å². The van der Waals surface area contributed by atoms with E-state index in [0.717, 1.165) is 50.8 Å². The van der Waals surface area contributed by atoms with Gasteiger partial charge in [0.15, 0.2) is 0 Å². The zero-order valence-electron chi connectivity index (χ0n) is 15.1. The monoisotopic (exact) mass is 343 g/mol. The van der Waals surface area contributed by atoms with E-state index in [9.17, 15) is 9.59 Å². The van der Waals surface area contributed by atoms with Crippen molar-refractivity contribution in [3.63, 3.8) is 0 Å². The van der Waals surface area contributed by atoms with Crippen LogP contribution in [-0.2, 0) is 16.1 Å². The van der Waals surface area contributed by atoms with Gasteiger partial charge in [0.1, 0.15) is 0 Å². The number of amides is 2. The summed E-state index contributed by atoms with van der Waals surface area (Å²) in [5, 5.41) is 3.01. The number of likely N-dealkylation sites (tertiary alicyclic amines) is 1. The molecule has 1 aromatic heterocycles. The van der Waals surface area contributed by atoms with Crippen LogP contribution in [0.15, 0.2) is 24.5 Å². The third kappa shape index (κ3) is 4.80. The van der Waals surface area contributed by atoms with Gasteiger partial charge in [0, 0.05) is 43.9 Å². The van der Waals surface area contributed by atoms with E-state index in [-0.39, 0.29) is 17.7 Å². The zero-order chi connectivity index (χ0) is 17.6. The fourth-order valence-corrected chi connectivity index (χ4v) is 4.09. The van der Waals surface area contributed by atoms with Gasteiger partial charge in [-0.15, -0.1) is 0 Å². The number of carbonyl (C=O) groups excluding carboxylic acids is 2. The fourth-order valence-electron chi connectivity index (χ4n) is 4.09. The number of hydrogen-bond acceptors (Lipinski definition) is 3. The lowest BCUT2D eigenvalue weighted by molar-refractivity contribution is -0.140. The quantitative estimate of drug-likeness (QED) is 0.914. The van der Waals surface area contributed by atoms with Crippen LogP contribution in [0.1, 0.15) is 51.0 Å². The predicted molar refractivity (Wildman–Crippen MR) is 96.5 cm³/mol. The molecule has 1 N–H and O–H groups in total. The molecule has 136 valence electrons. The Bertz CT molecular complexity index is 582. The van der Waals surface area contributed by atoms with Gasteiger partial charge in [-0.3, -0.25) is 14.6 Å². The van der Waals surface area contributed by atoms with Crippen molar-refractivity contribution in [1.29, 1.82) is 0 Å². The van der Waals surface area contributed by atoms with Crippen LogP contribution < -0.4 is 5.32 Å². The molecule has 0 radical (unpaired) electrons. The first-order valence-electron chi connectivity index (χ1n) is 9.59. The van der Waals surface area contributed by atoms with E-state index in [1.54, 1.807) is 12.4 Å². The summed E-state index contributed by atoms with van der Waals surface area (Å²) in [6.45, 7) is 4.57. The molecule has 3 rings (SSSR count). The second-order valence-electron chi connectivity index (χ2n) is 7.66. The summed E-state index contributed by atoms with van der Waals surface area (Å²) in [7, 11) is 0. The minimum Gasteiger partial charge on any atom is -0.352 e. The molecule has 2 fully saturated rings. The molecular weight excluding hydrogens is 314 g/mol. The van der Waals surface area contributed by atoms with Gasteiger partial charge >= 0.3 is 0 Å². The Hall–Kier alpha value is -1.91. The summed E-state index contributed by atoms with van der Waals surface area (Å²) in [6.07, 6.45) is 9.18. The number of nitrogens with zero attached hydrogens (tertiary/aromatic N) is 2. The summed E-state index contributed by atoms with van der Waals surface area (Å²) in [4.78, 5) is 31.2. The molecule has 1 saturated heterocycles. The predicted octanol–water partition coefficient (Wildman–Crippen LogP) is 2.76. The zero-order valence-corrected chi connectivity index (χ0v) is 15.1. The molecule has 0 aromatic carbocycles. The van der Waals surface area contributed by atoms with E-state index < -0.39 is 0 Å². The molecule has 25 heavy (non-hydrogen) atoms. The van der Waals surface area contributed by atoms with Crippen molar-refractivity contribution in [1.82, 2.24) is 15.2 Å². The minimum atomic E-state index is 0.0426. The van der Waals surface area contributed by atoms with E-state index in [1.165, 1.54) is 6.42 Å². The largest absolute Gasteiger partial charge is 0.352 e. The third-order valence-electron chi connectivity index (χ3n) is 5.61.